The van der Waals surface area contributed by atoms with Crippen LogP contribution in [-0.4, -0.2) is 68.0 Å². The Hall–Kier alpha value is -1.47. The minimum absolute atomic E-state index is 0.0133. The molecule has 12 nitrogen and oxygen atoms in total. The summed E-state index contributed by atoms with van der Waals surface area (Å²) in [7, 11) is -3.94. The van der Waals surface area contributed by atoms with E-state index in [1.54, 1.807) is 13.8 Å². The molecule has 0 amide bonds. The molecule has 2 spiro atoms. The van der Waals surface area contributed by atoms with Gasteiger partial charge in [-0.15, -0.1) is 0 Å². The van der Waals surface area contributed by atoms with Crippen LogP contribution in [0, 0.1) is 35.5 Å². The van der Waals surface area contributed by atoms with E-state index >= 15 is 0 Å². The van der Waals surface area contributed by atoms with E-state index in [0.717, 1.165) is 7.11 Å². The van der Waals surface area contributed by atoms with Crippen molar-refractivity contribution in [1.82, 2.24) is 0 Å². The molecule has 19 heteroatoms. The molecule has 52 heavy (non-hydrogen) atoms. The molecule has 10 rings (SSSR count). The van der Waals surface area contributed by atoms with Gasteiger partial charge in [0.15, 0.2) is 11.2 Å². The van der Waals surface area contributed by atoms with Gasteiger partial charge in [-0.25, -0.2) is 24.1 Å². The Balaban J connectivity index is 1.10. The van der Waals surface area contributed by atoms with Crippen LogP contribution < -0.4 is 0 Å². The number of hydrogen-bond donors (Lipinski definition) is 0. The van der Waals surface area contributed by atoms with Gasteiger partial charge >= 0.3 is 20.2 Å². The molecule has 2 saturated carbocycles. The summed E-state index contributed by atoms with van der Waals surface area (Å²) < 4.78 is 141. The molecule has 0 aromatic rings. The molecule has 6 saturated heterocycles. The minimum atomic E-state index is -5.03. The zero-order valence-corrected chi connectivity index (χ0v) is 30.2. The Bertz CT molecular complexity index is 1460. The summed E-state index contributed by atoms with van der Waals surface area (Å²) in [6.45, 7) is 5.15. The Kier molecular flexibility index (Phi) is 8.83. The van der Waals surface area contributed by atoms with Crippen LogP contribution >= 0.6 is 7.82 Å². The molecule has 0 aromatic carbocycles. The number of rotatable bonds is 7. The molecular weight excluding hydrogens is 733 g/mol. The fraction of sp³-hybridized carbons (Fsp3) is 0.879. The van der Waals surface area contributed by atoms with Crippen molar-refractivity contribution in [3.05, 3.63) is 22.7 Å². The maximum absolute atomic E-state index is 14.7. The average molecular weight is 777 g/mol. The molecule has 0 radical (unpaired) electrons. The molecule has 0 N–H and O–H groups in total. The highest BCUT2D eigenvalue weighted by Crippen LogP contribution is 2.64. The Morgan fingerprint density at radius 2 is 1.08 bits per heavy atom. The van der Waals surface area contributed by atoms with Gasteiger partial charge in [0.05, 0.1) is 13.2 Å². The summed E-state index contributed by atoms with van der Waals surface area (Å²) in [5.41, 5.74) is -3.80. The van der Waals surface area contributed by atoms with Gasteiger partial charge in [0.2, 0.25) is 35.7 Å². The monoisotopic (exact) mass is 776 g/mol. The molecule has 294 valence electrons. The average Bonchev–Trinajstić information content (AvgIpc) is 3.45. The molecule has 2 aliphatic carbocycles. The lowest BCUT2D eigenvalue weighted by Gasteiger charge is -2.57. The number of halogens is 6. The van der Waals surface area contributed by atoms with Crippen LogP contribution in [0.2, 0.25) is 0 Å². The van der Waals surface area contributed by atoms with Gasteiger partial charge in [-0.1, -0.05) is 13.8 Å². The van der Waals surface area contributed by atoms with Crippen LogP contribution in [0.15, 0.2) is 22.7 Å². The van der Waals surface area contributed by atoms with Crippen molar-refractivity contribution in [2.75, 3.05) is 20.3 Å². The molecule has 4 unspecified atom stereocenters. The normalized spacial score (nSPS) is 46.8. The van der Waals surface area contributed by atoms with Crippen LogP contribution in [0.1, 0.15) is 79.1 Å². The van der Waals surface area contributed by atoms with Crippen LogP contribution in [0.25, 0.3) is 0 Å². The van der Waals surface area contributed by atoms with Crippen LogP contribution in [-0.2, 0) is 56.6 Å². The molecule has 0 aromatic heterocycles. The van der Waals surface area contributed by atoms with E-state index in [0.29, 0.717) is 38.5 Å². The zero-order valence-electron chi connectivity index (χ0n) is 29.3. The molecule has 4 bridgehead atoms. The minimum Gasteiger partial charge on any atom is -0.456 e. The molecule has 8 heterocycles. The van der Waals surface area contributed by atoms with Crippen molar-refractivity contribution in [2.45, 2.75) is 127 Å². The van der Waals surface area contributed by atoms with E-state index in [-0.39, 0.29) is 36.5 Å². The molecule has 10 aliphatic rings. The van der Waals surface area contributed by atoms with E-state index in [4.69, 9.17) is 52.1 Å². The fourth-order valence-corrected chi connectivity index (χ4v) is 11.1. The maximum Gasteiger partial charge on any atom is 0.475 e. The van der Waals surface area contributed by atoms with Crippen molar-refractivity contribution in [3.8, 4) is 0 Å². The van der Waals surface area contributed by atoms with E-state index in [1.807, 2.05) is 13.8 Å². The third kappa shape index (κ3) is 5.63. The topological polar surface area (TPSA) is 119 Å². The van der Waals surface area contributed by atoms with Gasteiger partial charge in [-0.05, 0) is 64.2 Å². The summed E-state index contributed by atoms with van der Waals surface area (Å²) >= 11 is 0. The van der Waals surface area contributed by atoms with Crippen molar-refractivity contribution in [2.24, 2.45) is 35.5 Å². The van der Waals surface area contributed by atoms with Gasteiger partial charge in [0.25, 0.3) is 0 Å². The second-order valence-corrected chi connectivity index (χ2v) is 17.6. The lowest BCUT2D eigenvalue weighted by Crippen LogP contribution is -2.67. The van der Waals surface area contributed by atoms with Gasteiger partial charge in [-0.2, -0.15) is 26.3 Å². The highest BCUT2D eigenvalue weighted by Gasteiger charge is 2.72. The molecular formula is C33H43F6O12P. The number of allylic oxidation sites excluding steroid dienone is 2. The van der Waals surface area contributed by atoms with E-state index in [9.17, 15) is 30.9 Å². The largest absolute Gasteiger partial charge is 0.475 e. The summed E-state index contributed by atoms with van der Waals surface area (Å²) in [4.78, 5) is 23.2. The van der Waals surface area contributed by atoms with Crippen molar-refractivity contribution >= 4 is 7.82 Å². The fourth-order valence-electron chi connectivity index (χ4n) is 10.2. The quantitative estimate of drug-likeness (QED) is 0.142. The van der Waals surface area contributed by atoms with Gasteiger partial charge in [0, 0.05) is 54.8 Å². The highest BCUT2D eigenvalue weighted by atomic mass is 31.2. The lowest BCUT2D eigenvalue weighted by atomic mass is 9.59. The standard InChI is InChI=1S/C33H43F6O12P/c1-16-6-8-22-18(24(32(34,35)36)44-26-30(22)20(16)10-12-28(3,46-26)48-50-30)14-42-52(40,41-5)43-15-19-23-9-7-17(2)21-11-13-29(4)47-27(31(21,23)51-49-29)45-25(19)33(37,38)39/h16-17,20-23,26-27H,6-15H2,1-5H3/t16-,17-,20?,21?,22+,23+,26-,27?,28+,29+,30-,31-,52?/m1/s1. The highest BCUT2D eigenvalue weighted by molar-refractivity contribution is 7.48. The maximum atomic E-state index is 14.7. The van der Waals surface area contributed by atoms with Gasteiger partial charge in [-0.3, -0.25) is 13.6 Å². The predicted molar refractivity (Wildman–Crippen MR) is 160 cm³/mol. The second-order valence-electron chi connectivity index (χ2n) is 15.8. The second kappa shape index (κ2) is 12.3. The van der Waals surface area contributed by atoms with Gasteiger partial charge < -0.3 is 18.9 Å². The first-order valence-electron chi connectivity index (χ1n) is 17.8. The first-order chi connectivity index (χ1) is 24.3. The van der Waals surface area contributed by atoms with E-state index < -0.39 is 103 Å². The van der Waals surface area contributed by atoms with Crippen LogP contribution in [0.3, 0.4) is 0 Å². The SMILES string of the molecule is COP(=O)(OCC1=C(C(F)(F)F)OC2O[C@]3(C)CCC4[C@H](C)CC[C@@H]1[C@@]24OO3)OCC1=C(C(F)(F)F)O[C@@H]2O[C@]3(C)CCC4[C@H](C)CC[C@@H]1[C@]42OO3. The zero-order chi connectivity index (χ0) is 37.3. The number of fused-ring (bicyclic) bond motifs is 4. The Labute approximate surface area is 296 Å². The molecule has 13 atom stereocenters. The number of phosphoric acid groups is 1. The summed E-state index contributed by atoms with van der Waals surface area (Å²) in [5.74, 6) is -8.09. The van der Waals surface area contributed by atoms with E-state index in [1.165, 1.54) is 0 Å². The third-order valence-electron chi connectivity index (χ3n) is 12.8. The first kappa shape index (κ1) is 37.5. The predicted octanol–water partition coefficient (Wildman–Crippen LogP) is 7.90. The smallest absolute Gasteiger partial charge is 0.456 e. The lowest BCUT2D eigenvalue weighted by molar-refractivity contribution is -0.557. The van der Waals surface area contributed by atoms with Crippen LogP contribution in [0.5, 0.6) is 0 Å². The number of alkyl halides is 6. The molecule has 8 aliphatic heterocycles. The number of phosphoric ester groups is 1. The van der Waals surface area contributed by atoms with E-state index in [2.05, 4.69) is 0 Å². The van der Waals surface area contributed by atoms with Crippen molar-refractivity contribution in [3.63, 3.8) is 0 Å². The third-order valence-corrected chi connectivity index (χ3v) is 14.1. The first-order valence-corrected chi connectivity index (χ1v) is 19.2. The number of ether oxygens (including phenoxy) is 4. The molecule has 8 fully saturated rings. The Morgan fingerprint density at radius 3 is 1.44 bits per heavy atom. The number of hydrogen-bond acceptors (Lipinski definition) is 12. The van der Waals surface area contributed by atoms with Crippen molar-refractivity contribution in [1.29, 1.82) is 0 Å². The van der Waals surface area contributed by atoms with Gasteiger partial charge in [0.1, 0.15) is 0 Å². The van der Waals surface area contributed by atoms with Crippen LogP contribution in [0.4, 0.5) is 26.3 Å². The Morgan fingerprint density at radius 1 is 0.673 bits per heavy atom. The van der Waals surface area contributed by atoms with Crippen molar-refractivity contribution < 1.29 is 83.0 Å². The summed E-state index contributed by atoms with van der Waals surface area (Å²) in [6, 6.07) is 0. The summed E-state index contributed by atoms with van der Waals surface area (Å²) in [5, 5.41) is 0. The summed E-state index contributed by atoms with van der Waals surface area (Å²) in [6.07, 6.45) is -9.78.